The zero-order valence-electron chi connectivity index (χ0n) is 12.7. The van der Waals surface area contributed by atoms with Crippen molar-refractivity contribution in [2.24, 2.45) is 5.41 Å². The molecule has 20 heavy (non-hydrogen) atoms. The first-order valence-corrected chi connectivity index (χ1v) is 7.67. The molecule has 0 aliphatic carbocycles. The Bertz CT molecular complexity index is 433. The summed E-state index contributed by atoms with van der Waals surface area (Å²) in [5.41, 5.74) is 0.492. The SMILES string of the molecule is CCC(CC)(CO)CNC(=O)c1sc(COC)nc1C. The first-order valence-electron chi connectivity index (χ1n) is 6.86. The molecule has 1 aromatic heterocycles. The van der Waals surface area contributed by atoms with Crippen LogP contribution in [0.1, 0.15) is 47.1 Å². The van der Waals surface area contributed by atoms with Gasteiger partial charge in [0.05, 0.1) is 18.9 Å². The van der Waals surface area contributed by atoms with Gasteiger partial charge in [0, 0.05) is 19.1 Å². The molecule has 0 aromatic carbocycles. The summed E-state index contributed by atoms with van der Waals surface area (Å²) in [5.74, 6) is -0.123. The smallest absolute Gasteiger partial charge is 0.263 e. The number of aryl methyl sites for hydroxylation is 1. The minimum absolute atomic E-state index is 0.0802. The average Bonchev–Trinajstić information content (AvgIpc) is 2.82. The van der Waals surface area contributed by atoms with E-state index < -0.39 is 0 Å². The second-order valence-electron chi connectivity index (χ2n) is 5.00. The van der Waals surface area contributed by atoms with Gasteiger partial charge in [0.25, 0.3) is 5.91 Å². The molecule has 1 amide bonds. The van der Waals surface area contributed by atoms with Gasteiger partial charge in [-0.05, 0) is 19.8 Å². The maximum atomic E-state index is 12.2. The number of ether oxygens (including phenoxy) is 1. The minimum atomic E-state index is -0.233. The average molecular weight is 300 g/mol. The summed E-state index contributed by atoms with van der Waals surface area (Å²) in [6.45, 7) is 6.86. The highest BCUT2D eigenvalue weighted by Gasteiger charge is 2.26. The highest BCUT2D eigenvalue weighted by Crippen LogP contribution is 2.25. The third-order valence-electron chi connectivity index (χ3n) is 3.77. The molecular weight excluding hydrogens is 276 g/mol. The molecule has 0 spiro atoms. The Hall–Kier alpha value is -0.980. The number of rotatable bonds is 8. The van der Waals surface area contributed by atoms with Crippen LogP contribution in [-0.4, -0.2) is 36.3 Å². The predicted octanol–water partition coefficient (Wildman–Crippen LogP) is 2.13. The molecule has 0 bridgehead atoms. The van der Waals surface area contributed by atoms with Gasteiger partial charge in [0.2, 0.25) is 0 Å². The van der Waals surface area contributed by atoms with Crippen LogP contribution < -0.4 is 5.32 Å². The standard InChI is InChI=1S/C14H24N2O3S/c1-5-14(6-2,9-17)8-15-13(18)12-10(3)16-11(20-12)7-19-4/h17H,5-9H2,1-4H3,(H,15,18). The van der Waals surface area contributed by atoms with E-state index in [-0.39, 0.29) is 17.9 Å². The molecular formula is C14H24N2O3S. The molecule has 0 saturated heterocycles. The molecule has 1 heterocycles. The van der Waals surface area contributed by atoms with E-state index in [1.165, 1.54) is 11.3 Å². The lowest BCUT2D eigenvalue weighted by molar-refractivity contribution is 0.0854. The van der Waals surface area contributed by atoms with Gasteiger partial charge in [0.1, 0.15) is 9.88 Å². The zero-order valence-corrected chi connectivity index (χ0v) is 13.5. The summed E-state index contributed by atoms with van der Waals surface area (Å²) >= 11 is 1.35. The molecule has 0 aliphatic rings. The predicted molar refractivity (Wildman–Crippen MR) is 80.0 cm³/mol. The number of hydrogen-bond acceptors (Lipinski definition) is 5. The van der Waals surface area contributed by atoms with Gasteiger partial charge in [-0.3, -0.25) is 4.79 Å². The second-order valence-corrected chi connectivity index (χ2v) is 6.09. The van der Waals surface area contributed by atoms with Gasteiger partial charge in [-0.25, -0.2) is 4.98 Å². The molecule has 6 heteroatoms. The maximum absolute atomic E-state index is 12.2. The molecule has 114 valence electrons. The van der Waals surface area contributed by atoms with Crippen LogP contribution in [0.15, 0.2) is 0 Å². The van der Waals surface area contributed by atoms with Crippen LogP contribution in [0.25, 0.3) is 0 Å². The number of aliphatic hydroxyl groups is 1. The van der Waals surface area contributed by atoms with Gasteiger partial charge in [-0.1, -0.05) is 13.8 Å². The highest BCUT2D eigenvalue weighted by molar-refractivity contribution is 7.13. The first kappa shape index (κ1) is 17.1. The Kier molecular flexibility index (Phi) is 6.58. The number of methoxy groups -OCH3 is 1. The maximum Gasteiger partial charge on any atom is 0.263 e. The summed E-state index contributed by atoms with van der Waals surface area (Å²) in [6, 6.07) is 0. The van der Waals surface area contributed by atoms with Crippen LogP contribution in [0.3, 0.4) is 0 Å². The third-order valence-corrected chi connectivity index (χ3v) is 4.90. The van der Waals surface area contributed by atoms with Gasteiger partial charge in [-0.15, -0.1) is 11.3 Å². The Morgan fingerprint density at radius 3 is 2.60 bits per heavy atom. The van der Waals surface area contributed by atoms with Crippen LogP contribution in [0.4, 0.5) is 0 Å². The highest BCUT2D eigenvalue weighted by atomic mass is 32.1. The van der Waals surface area contributed by atoms with E-state index in [2.05, 4.69) is 10.3 Å². The number of hydrogen-bond donors (Lipinski definition) is 2. The van der Waals surface area contributed by atoms with E-state index in [1.807, 2.05) is 20.8 Å². The number of nitrogens with one attached hydrogen (secondary N) is 1. The van der Waals surface area contributed by atoms with Crippen molar-refractivity contribution in [3.05, 3.63) is 15.6 Å². The topological polar surface area (TPSA) is 71.5 Å². The number of carbonyl (C=O) groups is 1. The zero-order chi connectivity index (χ0) is 15.2. The number of thiazole rings is 1. The van der Waals surface area contributed by atoms with Crippen LogP contribution in [0, 0.1) is 12.3 Å². The molecule has 2 N–H and O–H groups in total. The molecule has 0 aliphatic heterocycles. The lowest BCUT2D eigenvalue weighted by atomic mass is 9.83. The Balaban J connectivity index is 2.71. The molecule has 0 fully saturated rings. The summed E-state index contributed by atoms with van der Waals surface area (Å²) in [5, 5.41) is 13.2. The van der Waals surface area contributed by atoms with Crippen molar-refractivity contribution in [3.8, 4) is 0 Å². The molecule has 1 aromatic rings. The number of aliphatic hydroxyl groups excluding tert-OH is 1. The van der Waals surface area contributed by atoms with Gasteiger partial charge < -0.3 is 15.2 Å². The van der Waals surface area contributed by atoms with Gasteiger partial charge in [-0.2, -0.15) is 0 Å². The van der Waals surface area contributed by atoms with E-state index in [4.69, 9.17) is 4.74 Å². The van der Waals surface area contributed by atoms with Crippen molar-refractivity contribution in [1.29, 1.82) is 0 Å². The van der Waals surface area contributed by atoms with Crippen LogP contribution in [-0.2, 0) is 11.3 Å². The molecule has 5 nitrogen and oxygen atoms in total. The number of nitrogens with zero attached hydrogens (tertiary/aromatic N) is 1. The molecule has 0 atom stereocenters. The van der Waals surface area contributed by atoms with E-state index in [0.29, 0.717) is 18.0 Å². The van der Waals surface area contributed by atoms with Crippen LogP contribution in [0.2, 0.25) is 0 Å². The normalized spacial score (nSPS) is 11.7. The van der Waals surface area contributed by atoms with E-state index in [9.17, 15) is 9.90 Å². The van der Waals surface area contributed by atoms with Crippen molar-refractivity contribution in [3.63, 3.8) is 0 Å². The minimum Gasteiger partial charge on any atom is -0.396 e. The summed E-state index contributed by atoms with van der Waals surface area (Å²) in [4.78, 5) is 17.1. The Morgan fingerprint density at radius 2 is 2.10 bits per heavy atom. The quantitative estimate of drug-likeness (QED) is 0.771. The van der Waals surface area contributed by atoms with E-state index in [0.717, 1.165) is 23.5 Å². The Labute approximate surface area is 124 Å². The van der Waals surface area contributed by atoms with Crippen molar-refractivity contribution in [1.82, 2.24) is 10.3 Å². The number of amides is 1. The van der Waals surface area contributed by atoms with Crippen molar-refractivity contribution in [2.45, 2.75) is 40.2 Å². The Morgan fingerprint density at radius 1 is 1.45 bits per heavy atom. The van der Waals surface area contributed by atoms with Crippen molar-refractivity contribution >= 4 is 17.2 Å². The lowest BCUT2D eigenvalue weighted by Crippen LogP contribution is -2.39. The fourth-order valence-corrected chi connectivity index (χ4v) is 2.93. The van der Waals surface area contributed by atoms with Crippen molar-refractivity contribution in [2.75, 3.05) is 20.3 Å². The monoisotopic (exact) mass is 300 g/mol. The number of aromatic nitrogens is 1. The molecule has 0 radical (unpaired) electrons. The molecule has 1 rings (SSSR count). The largest absolute Gasteiger partial charge is 0.396 e. The summed E-state index contributed by atoms with van der Waals surface area (Å²) in [6.07, 6.45) is 1.66. The fourth-order valence-electron chi connectivity index (χ4n) is 1.98. The van der Waals surface area contributed by atoms with E-state index >= 15 is 0 Å². The fraction of sp³-hybridized carbons (Fsp3) is 0.714. The first-order chi connectivity index (χ1) is 9.51. The molecule has 0 saturated carbocycles. The van der Waals surface area contributed by atoms with Crippen molar-refractivity contribution < 1.29 is 14.6 Å². The summed E-state index contributed by atoms with van der Waals surface area (Å²) in [7, 11) is 1.61. The van der Waals surface area contributed by atoms with Crippen LogP contribution in [0.5, 0.6) is 0 Å². The molecule has 0 unspecified atom stereocenters. The third kappa shape index (κ3) is 4.01. The van der Waals surface area contributed by atoms with E-state index in [1.54, 1.807) is 7.11 Å². The summed E-state index contributed by atoms with van der Waals surface area (Å²) < 4.78 is 5.03. The lowest BCUT2D eigenvalue weighted by Gasteiger charge is -2.29. The van der Waals surface area contributed by atoms with Gasteiger partial charge in [0.15, 0.2) is 0 Å². The second kappa shape index (κ2) is 7.71. The van der Waals surface area contributed by atoms with Crippen LogP contribution >= 0.6 is 11.3 Å². The van der Waals surface area contributed by atoms with Gasteiger partial charge >= 0.3 is 0 Å². The number of carbonyl (C=O) groups excluding carboxylic acids is 1.